The number of furan rings is 1. The number of hydrogen-bond donors (Lipinski definition) is 1. The van der Waals surface area contributed by atoms with E-state index in [9.17, 15) is 9.90 Å². The maximum absolute atomic E-state index is 13.1. The number of fused-ring (bicyclic) bond motifs is 1. The van der Waals surface area contributed by atoms with Crippen LogP contribution in [0.1, 0.15) is 41.6 Å². The van der Waals surface area contributed by atoms with E-state index in [1.165, 1.54) is 0 Å². The Balaban J connectivity index is 1.49. The van der Waals surface area contributed by atoms with Gasteiger partial charge in [0.1, 0.15) is 11.3 Å². The Bertz CT molecular complexity index is 914. The van der Waals surface area contributed by atoms with Crippen LogP contribution in [0.2, 0.25) is 0 Å². The largest absolute Gasteiger partial charge is 0.508 e. The Morgan fingerprint density at radius 2 is 2.08 bits per heavy atom. The standard InChI is InChI=1S/C22H23NO3/c24-20-6-3-4-16(14-20)7-9-19-5-1-2-12-23(19)22(25)18-8-10-21-17(15-18)11-13-26-21/h3-4,6,8,10-11,13-15,19,24H,1-2,5,7,9,12H2/t19-/m0/s1. The van der Waals surface area contributed by atoms with Gasteiger partial charge in [-0.15, -0.1) is 0 Å². The maximum Gasteiger partial charge on any atom is 0.254 e. The van der Waals surface area contributed by atoms with Crippen molar-refractivity contribution >= 4 is 16.9 Å². The van der Waals surface area contributed by atoms with Crippen LogP contribution in [0.4, 0.5) is 0 Å². The predicted octanol–water partition coefficient (Wildman–Crippen LogP) is 4.77. The fourth-order valence-corrected chi connectivity index (χ4v) is 3.88. The molecule has 4 heteroatoms. The summed E-state index contributed by atoms with van der Waals surface area (Å²) in [5, 5.41) is 10.6. The molecule has 1 aliphatic rings. The molecule has 0 spiro atoms. The lowest BCUT2D eigenvalue weighted by atomic mass is 9.95. The summed E-state index contributed by atoms with van der Waals surface area (Å²) in [5.74, 6) is 0.404. The molecule has 0 radical (unpaired) electrons. The topological polar surface area (TPSA) is 53.7 Å². The van der Waals surface area contributed by atoms with E-state index < -0.39 is 0 Å². The van der Waals surface area contributed by atoms with E-state index in [1.54, 1.807) is 12.3 Å². The lowest BCUT2D eigenvalue weighted by Gasteiger charge is -2.36. The Hall–Kier alpha value is -2.75. The number of carbonyl (C=O) groups excluding carboxylic acids is 1. The Morgan fingerprint density at radius 1 is 1.15 bits per heavy atom. The maximum atomic E-state index is 13.1. The first kappa shape index (κ1) is 16.7. The molecule has 4 nitrogen and oxygen atoms in total. The van der Waals surface area contributed by atoms with Crippen LogP contribution >= 0.6 is 0 Å². The molecule has 1 amide bonds. The molecule has 0 bridgehead atoms. The monoisotopic (exact) mass is 349 g/mol. The molecule has 1 aromatic heterocycles. The summed E-state index contributed by atoms with van der Waals surface area (Å²) >= 11 is 0. The molecule has 1 atom stereocenters. The van der Waals surface area contributed by atoms with E-state index >= 15 is 0 Å². The minimum atomic E-state index is 0.105. The summed E-state index contributed by atoms with van der Waals surface area (Å²) in [5.41, 5.74) is 2.64. The smallest absolute Gasteiger partial charge is 0.254 e. The van der Waals surface area contributed by atoms with Gasteiger partial charge in [-0.1, -0.05) is 12.1 Å². The fourth-order valence-electron chi connectivity index (χ4n) is 3.88. The molecule has 1 N–H and O–H groups in total. The first-order valence-corrected chi connectivity index (χ1v) is 9.27. The summed E-state index contributed by atoms with van der Waals surface area (Å²) in [7, 11) is 0. The average Bonchev–Trinajstić information content (AvgIpc) is 3.14. The van der Waals surface area contributed by atoms with E-state index in [-0.39, 0.29) is 11.9 Å². The van der Waals surface area contributed by atoms with Crippen molar-refractivity contribution in [2.45, 2.75) is 38.1 Å². The van der Waals surface area contributed by atoms with E-state index in [4.69, 9.17) is 4.42 Å². The molecule has 1 fully saturated rings. The first-order valence-electron chi connectivity index (χ1n) is 9.27. The van der Waals surface area contributed by atoms with E-state index in [0.29, 0.717) is 5.75 Å². The number of likely N-dealkylation sites (tertiary alicyclic amines) is 1. The van der Waals surface area contributed by atoms with Crippen molar-refractivity contribution in [3.8, 4) is 5.75 Å². The molecular formula is C22H23NO3. The predicted molar refractivity (Wildman–Crippen MR) is 101 cm³/mol. The van der Waals surface area contributed by atoms with Crippen molar-refractivity contribution in [1.82, 2.24) is 4.90 Å². The number of carbonyl (C=O) groups is 1. The van der Waals surface area contributed by atoms with Crippen LogP contribution < -0.4 is 0 Å². The molecule has 2 aromatic carbocycles. The van der Waals surface area contributed by atoms with Gasteiger partial charge in [0.2, 0.25) is 0 Å². The number of aromatic hydroxyl groups is 1. The molecule has 4 rings (SSSR count). The van der Waals surface area contributed by atoms with Crippen LogP contribution in [0.3, 0.4) is 0 Å². The number of nitrogens with zero attached hydrogens (tertiary/aromatic N) is 1. The van der Waals surface area contributed by atoms with E-state index in [0.717, 1.165) is 60.7 Å². The van der Waals surface area contributed by atoms with Crippen molar-refractivity contribution in [2.75, 3.05) is 6.54 Å². The summed E-state index contributed by atoms with van der Waals surface area (Å²) in [6.07, 6.45) is 6.70. The molecule has 0 aliphatic carbocycles. The van der Waals surface area contributed by atoms with Crippen molar-refractivity contribution in [3.05, 3.63) is 65.9 Å². The second kappa shape index (κ2) is 7.24. The number of phenolic OH excluding ortho intramolecular Hbond substituents is 1. The third kappa shape index (κ3) is 3.45. The Kier molecular flexibility index (Phi) is 4.65. The summed E-state index contributed by atoms with van der Waals surface area (Å²) in [6, 6.07) is 15.2. The number of benzene rings is 2. The van der Waals surface area contributed by atoms with Crippen LogP contribution in [0.15, 0.2) is 59.2 Å². The Labute approximate surface area is 153 Å². The normalized spacial score (nSPS) is 17.5. The van der Waals surface area contributed by atoms with Gasteiger partial charge in [-0.2, -0.15) is 0 Å². The summed E-state index contributed by atoms with van der Waals surface area (Å²) < 4.78 is 5.37. The zero-order valence-corrected chi connectivity index (χ0v) is 14.7. The highest BCUT2D eigenvalue weighted by atomic mass is 16.3. The van der Waals surface area contributed by atoms with Crippen molar-refractivity contribution in [1.29, 1.82) is 0 Å². The number of piperidine rings is 1. The molecule has 134 valence electrons. The van der Waals surface area contributed by atoms with Crippen LogP contribution in [-0.2, 0) is 6.42 Å². The lowest BCUT2D eigenvalue weighted by Crippen LogP contribution is -2.44. The van der Waals surface area contributed by atoms with Crippen molar-refractivity contribution < 1.29 is 14.3 Å². The summed E-state index contributed by atoms with van der Waals surface area (Å²) in [4.78, 5) is 15.1. The van der Waals surface area contributed by atoms with Crippen LogP contribution in [0, 0.1) is 0 Å². The molecule has 3 aromatic rings. The average molecular weight is 349 g/mol. The van der Waals surface area contributed by atoms with Gasteiger partial charge in [0.15, 0.2) is 0 Å². The van der Waals surface area contributed by atoms with Crippen LogP contribution in [-0.4, -0.2) is 28.5 Å². The minimum Gasteiger partial charge on any atom is -0.508 e. The molecule has 26 heavy (non-hydrogen) atoms. The molecular weight excluding hydrogens is 326 g/mol. The fraction of sp³-hybridized carbons (Fsp3) is 0.318. The highest BCUT2D eigenvalue weighted by molar-refractivity contribution is 5.98. The third-order valence-electron chi connectivity index (χ3n) is 5.26. The van der Waals surface area contributed by atoms with Gasteiger partial charge in [-0.3, -0.25) is 4.79 Å². The highest BCUT2D eigenvalue weighted by Gasteiger charge is 2.27. The summed E-state index contributed by atoms with van der Waals surface area (Å²) in [6.45, 7) is 0.812. The van der Waals surface area contributed by atoms with Gasteiger partial charge in [-0.25, -0.2) is 0 Å². The molecule has 1 aliphatic heterocycles. The van der Waals surface area contributed by atoms with E-state index in [2.05, 4.69) is 0 Å². The quantitative estimate of drug-likeness (QED) is 0.738. The van der Waals surface area contributed by atoms with Crippen molar-refractivity contribution in [3.63, 3.8) is 0 Å². The highest BCUT2D eigenvalue weighted by Crippen LogP contribution is 2.25. The second-order valence-corrected chi connectivity index (χ2v) is 7.03. The zero-order valence-electron chi connectivity index (χ0n) is 14.7. The minimum absolute atomic E-state index is 0.105. The number of phenols is 1. The van der Waals surface area contributed by atoms with Gasteiger partial charge >= 0.3 is 0 Å². The molecule has 2 heterocycles. The van der Waals surface area contributed by atoms with Gasteiger partial charge in [-0.05, 0) is 74.1 Å². The van der Waals surface area contributed by atoms with Gasteiger partial charge in [0.05, 0.1) is 6.26 Å². The SMILES string of the molecule is O=C(c1ccc2occc2c1)N1CCCC[C@H]1CCc1cccc(O)c1. The van der Waals surface area contributed by atoms with E-state index in [1.807, 2.05) is 47.4 Å². The zero-order chi connectivity index (χ0) is 17.9. The molecule has 0 saturated carbocycles. The number of amides is 1. The third-order valence-corrected chi connectivity index (χ3v) is 5.26. The lowest BCUT2D eigenvalue weighted by molar-refractivity contribution is 0.0602. The van der Waals surface area contributed by atoms with Gasteiger partial charge in [0, 0.05) is 23.5 Å². The van der Waals surface area contributed by atoms with Gasteiger partial charge < -0.3 is 14.4 Å². The second-order valence-electron chi connectivity index (χ2n) is 7.03. The van der Waals surface area contributed by atoms with Crippen molar-refractivity contribution in [2.24, 2.45) is 0 Å². The number of rotatable bonds is 4. The van der Waals surface area contributed by atoms with Gasteiger partial charge in [0.25, 0.3) is 5.91 Å². The van der Waals surface area contributed by atoms with Crippen LogP contribution in [0.25, 0.3) is 11.0 Å². The number of hydrogen-bond acceptors (Lipinski definition) is 3. The first-order chi connectivity index (χ1) is 12.7. The molecule has 0 unspecified atom stereocenters. The number of aryl methyl sites for hydroxylation is 1. The molecule has 1 saturated heterocycles. The van der Waals surface area contributed by atoms with Crippen LogP contribution in [0.5, 0.6) is 5.75 Å². The Morgan fingerprint density at radius 3 is 2.96 bits per heavy atom.